The highest BCUT2D eigenvalue weighted by atomic mass is 32.2. The first-order valence-electron chi connectivity index (χ1n) is 19.0. The molecule has 8 aromatic rings. The molecule has 0 amide bonds. The van der Waals surface area contributed by atoms with Crippen molar-refractivity contribution in [1.29, 1.82) is 0 Å². The molecule has 0 saturated carbocycles. The summed E-state index contributed by atoms with van der Waals surface area (Å²) in [7, 11) is 1.65. The monoisotopic (exact) mass is 1090 g/mol. The molecule has 0 saturated heterocycles. The van der Waals surface area contributed by atoms with E-state index in [9.17, 15) is 52.7 Å². The number of halogens is 20. The van der Waals surface area contributed by atoms with E-state index in [1.165, 1.54) is 22.4 Å². The third kappa shape index (κ3) is 8.89. The van der Waals surface area contributed by atoms with Crippen molar-refractivity contribution < 1.29 is 92.5 Å². The van der Waals surface area contributed by atoms with E-state index in [0.29, 0.717) is 0 Å². The van der Waals surface area contributed by atoms with Gasteiger partial charge in [-0.1, -0.05) is 70.8 Å². The van der Waals surface area contributed by atoms with Crippen molar-refractivity contribution in [3.8, 4) is 5.06 Å². The third-order valence-electron chi connectivity index (χ3n) is 10.4. The predicted molar refractivity (Wildman–Crippen MR) is 224 cm³/mol. The molecule has 370 valence electrons. The summed E-state index contributed by atoms with van der Waals surface area (Å²) in [4.78, 5) is 2.71. The summed E-state index contributed by atoms with van der Waals surface area (Å²) in [5.41, 5.74) is -14.3. The molecule has 6 aromatic carbocycles. The van der Waals surface area contributed by atoms with E-state index in [1.807, 2.05) is 29.2 Å². The van der Waals surface area contributed by atoms with Crippen molar-refractivity contribution in [3.05, 3.63) is 201 Å². The Kier molecular flexibility index (Phi) is 15.3. The fourth-order valence-corrected chi connectivity index (χ4v) is 13.6. The van der Waals surface area contributed by atoms with Crippen molar-refractivity contribution >= 4 is 73.3 Å². The van der Waals surface area contributed by atoms with Gasteiger partial charge in [-0.3, -0.25) is 0 Å². The van der Waals surface area contributed by atoms with Crippen LogP contribution in [0.3, 0.4) is 0 Å². The first-order valence-corrected chi connectivity index (χ1v) is 22.7. The van der Waals surface area contributed by atoms with Crippen molar-refractivity contribution in [3.63, 3.8) is 0 Å². The maximum absolute atomic E-state index is 15.4. The molecule has 0 aliphatic rings. The van der Waals surface area contributed by atoms with E-state index in [0.717, 1.165) is 5.06 Å². The lowest BCUT2D eigenvalue weighted by Gasteiger charge is -2.44. The van der Waals surface area contributed by atoms with Crippen molar-refractivity contribution in [2.24, 2.45) is 0 Å². The minimum absolute atomic E-state index is 0.0643. The second-order valence-electron chi connectivity index (χ2n) is 14.2. The summed E-state index contributed by atoms with van der Waals surface area (Å²) in [6.07, 6.45) is -7.22. The van der Waals surface area contributed by atoms with Gasteiger partial charge < -0.3 is 4.74 Å². The fraction of sp³-hybridized carbons (Fsp3) is 0.0222. The van der Waals surface area contributed by atoms with Crippen LogP contribution in [0.1, 0.15) is 0 Å². The number of hydrogen-bond acceptors (Lipinski definition) is 4. The first kappa shape index (κ1) is 52.7. The number of methoxy groups -OCH3 is 1. The van der Waals surface area contributed by atoms with Crippen LogP contribution in [0.15, 0.2) is 107 Å². The van der Waals surface area contributed by atoms with Crippen LogP contribution in [0.25, 0.3) is 0 Å². The van der Waals surface area contributed by atoms with Crippen LogP contribution in [0, 0.1) is 116 Å². The molecule has 26 heteroatoms. The minimum atomic E-state index is -7.22. The number of thiophene rings is 2. The maximum Gasteiger partial charge on any atom is 0.221 e. The van der Waals surface area contributed by atoms with Crippen LogP contribution < -0.4 is 26.6 Å². The maximum atomic E-state index is 15.4. The Balaban J connectivity index is 0.000000240. The summed E-state index contributed by atoms with van der Waals surface area (Å²) in [6, 6.07) is 30.2. The molecule has 71 heavy (non-hydrogen) atoms. The molecule has 0 aliphatic carbocycles. The second-order valence-corrected chi connectivity index (χ2v) is 20.2. The number of benzene rings is 6. The quantitative estimate of drug-likeness (QED) is 0.0444. The average Bonchev–Trinajstić information content (AvgIpc) is 4.04. The Bertz CT molecular complexity index is 2930. The van der Waals surface area contributed by atoms with E-state index in [2.05, 4.69) is 78.9 Å². The van der Waals surface area contributed by atoms with E-state index in [1.54, 1.807) is 18.4 Å². The molecule has 0 aliphatic heterocycles. The predicted octanol–water partition coefficient (Wildman–Crippen LogP) is 12.9. The summed E-state index contributed by atoms with van der Waals surface area (Å²) < 4.78 is 303. The molecule has 2 aromatic heterocycles. The standard InChI is InChI=1S/C24BF20.C21H17OS4/c26-5-1(6(27)14(35)21(42)13(5)34)25(2-7(28)15(36)22(43)16(37)8(2)29,3-9(30)17(38)23(44)18(39)10(3)31)4-11(32)19(40)24(45)20(41)12(4)33;1-22-18-12-13-19(23-18)24-20-14-15-21(25-20)26(16-8-4-2-5-9-16)17-10-6-3-7-11-17/h;2-15H,1H3/q-1;+1. The molecule has 0 bridgehead atoms. The Morgan fingerprint density at radius 2 is 0.606 bits per heavy atom. The lowest BCUT2D eigenvalue weighted by Crippen LogP contribution is -2.81. The Hall–Kier alpha value is -6.12. The highest BCUT2D eigenvalue weighted by Gasteiger charge is 2.52. The van der Waals surface area contributed by atoms with E-state index >= 15 is 35.1 Å². The molecular formula is C45H17BF20OS4. The Morgan fingerprint density at radius 1 is 0.338 bits per heavy atom. The molecule has 0 unspecified atom stereocenters. The number of hydrogen-bond donors (Lipinski definition) is 0. The van der Waals surface area contributed by atoms with E-state index < -0.39 is 144 Å². The SMILES string of the molecule is COc1ccc(Sc2ccc([S+](c3ccccc3)c3ccccc3)s2)s1.Fc1c(F)c(F)c([B-](c2c(F)c(F)c(F)c(F)c2F)(c2c(F)c(F)c(F)c(F)c2F)c2c(F)c(F)c(F)c(F)c2F)c(F)c1F. The van der Waals surface area contributed by atoms with Crippen LogP contribution in [-0.2, 0) is 10.9 Å². The smallest absolute Gasteiger partial charge is 0.221 e. The second kappa shape index (κ2) is 20.5. The largest absolute Gasteiger partial charge is 0.487 e. The third-order valence-corrected chi connectivity index (χ3v) is 16.3. The topological polar surface area (TPSA) is 9.23 Å². The summed E-state index contributed by atoms with van der Waals surface area (Å²) >= 11 is 5.39. The van der Waals surface area contributed by atoms with Gasteiger partial charge in [0.15, 0.2) is 84.7 Å². The van der Waals surface area contributed by atoms with E-state index in [4.69, 9.17) is 4.74 Å². The highest BCUT2D eigenvalue weighted by molar-refractivity contribution is 8.04. The molecule has 0 radical (unpaired) electrons. The molecule has 8 rings (SSSR count). The van der Waals surface area contributed by atoms with Crippen LogP contribution >= 0.6 is 34.4 Å². The number of rotatable bonds is 10. The van der Waals surface area contributed by atoms with Gasteiger partial charge in [0.25, 0.3) is 0 Å². The zero-order chi connectivity index (χ0) is 52.1. The van der Waals surface area contributed by atoms with Gasteiger partial charge in [-0.2, -0.15) is 0 Å². The Morgan fingerprint density at radius 3 is 0.887 bits per heavy atom. The van der Waals surface area contributed by atoms with Crippen LogP contribution in [0.4, 0.5) is 87.8 Å². The molecule has 0 fully saturated rings. The van der Waals surface area contributed by atoms with Gasteiger partial charge in [-0.15, -0.1) is 21.9 Å². The molecule has 0 spiro atoms. The number of ether oxygens (including phenoxy) is 1. The lowest BCUT2D eigenvalue weighted by molar-refractivity contribution is 0.378. The molecular weight excluding hydrogens is 1080 g/mol. The van der Waals surface area contributed by atoms with Gasteiger partial charge >= 0.3 is 0 Å². The van der Waals surface area contributed by atoms with Gasteiger partial charge in [0.2, 0.25) is 4.21 Å². The molecule has 2 heterocycles. The first-order chi connectivity index (χ1) is 33.5. The highest BCUT2D eigenvalue weighted by Crippen LogP contribution is 2.43. The normalized spacial score (nSPS) is 11.6. The molecule has 0 N–H and O–H groups in total. The lowest BCUT2D eigenvalue weighted by atomic mass is 9.12. The Labute approximate surface area is 400 Å². The van der Waals surface area contributed by atoms with Crippen LogP contribution in [0.5, 0.6) is 5.06 Å². The van der Waals surface area contributed by atoms with Gasteiger partial charge in [-0.25, -0.2) is 87.8 Å². The van der Waals surface area contributed by atoms with Gasteiger partial charge in [0, 0.05) is 6.07 Å². The molecule has 0 atom stereocenters. The zero-order valence-corrected chi connectivity index (χ0v) is 37.5. The van der Waals surface area contributed by atoms with Crippen molar-refractivity contribution in [2.75, 3.05) is 7.11 Å². The average molecular weight is 1090 g/mol. The summed E-state index contributed by atoms with van der Waals surface area (Å²) in [6.45, 7) is 0. The van der Waals surface area contributed by atoms with Crippen molar-refractivity contribution in [1.82, 2.24) is 0 Å². The van der Waals surface area contributed by atoms with Gasteiger partial charge in [-0.05, 0) is 42.5 Å². The van der Waals surface area contributed by atoms with Gasteiger partial charge in [0.05, 0.1) is 15.5 Å². The summed E-state index contributed by atoms with van der Waals surface area (Å²) in [5, 5.41) is 0.956. The van der Waals surface area contributed by atoms with Crippen LogP contribution in [-0.4, -0.2) is 13.3 Å². The summed E-state index contributed by atoms with van der Waals surface area (Å²) in [5.74, 6) is -71.4. The minimum Gasteiger partial charge on any atom is -0.487 e. The van der Waals surface area contributed by atoms with Crippen molar-refractivity contribution in [2.45, 2.75) is 22.4 Å². The van der Waals surface area contributed by atoms with Crippen LogP contribution in [0.2, 0.25) is 0 Å². The fourth-order valence-electron chi connectivity index (χ4n) is 7.39. The van der Waals surface area contributed by atoms with E-state index in [-0.39, 0.29) is 10.9 Å². The van der Waals surface area contributed by atoms with Gasteiger partial charge in [0.1, 0.15) is 63.6 Å². The molecule has 1 nitrogen and oxygen atoms in total. The zero-order valence-electron chi connectivity index (χ0n) is 34.3.